The van der Waals surface area contributed by atoms with Crippen LogP contribution in [-0.2, 0) is 12.7 Å². The van der Waals surface area contributed by atoms with Crippen LogP contribution in [-0.4, -0.2) is 40.4 Å². The van der Waals surface area contributed by atoms with Crippen LogP contribution in [0, 0.1) is 0 Å². The van der Waals surface area contributed by atoms with Crippen molar-refractivity contribution in [1.82, 2.24) is 19.5 Å². The molecule has 0 atom stereocenters. The SMILES string of the molecule is CN(C)c1cccc(Nc2nc(Nc3ccc4c(c3)OCO4)c3ncn(Cc4ccc(C(F)(F)F)cc4)c3n2)c1. The zero-order chi connectivity index (χ0) is 27.9. The van der Waals surface area contributed by atoms with Gasteiger partial charge in [0.15, 0.2) is 28.5 Å². The third kappa shape index (κ3) is 5.15. The number of nitrogens with one attached hydrogen (secondary N) is 2. The summed E-state index contributed by atoms with van der Waals surface area (Å²) in [6.45, 7) is 0.426. The molecule has 0 unspecified atom stereocenters. The van der Waals surface area contributed by atoms with E-state index in [1.54, 1.807) is 17.0 Å². The van der Waals surface area contributed by atoms with Crippen LogP contribution in [0.2, 0.25) is 0 Å². The average molecular weight is 548 g/mol. The van der Waals surface area contributed by atoms with E-state index in [1.165, 1.54) is 12.1 Å². The monoisotopic (exact) mass is 547 g/mol. The van der Waals surface area contributed by atoms with Crippen molar-refractivity contribution >= 4 is 40.0 Å². The summed E-state index contributed by atoms with van der Waals surface area (Å²) in [6, 6.07) is 18.3. The first kappa shape index (κ1) is 25.3. The van der Waals surface area contributed by atoms with Crippen LogP contribution < -0.4 is 25.0 Å². The predicted molar refractivity (Wildman–Crippen MR) is 146 cm³/mol. The second-order valence-electron chi connectivity index (χ2n) is 9.40. The Kier molecular flexibility index (Phi) is 6.29. The predicted octanol–water partition coefficient (Wildman–Crippen LogP) is 6.18. The first-order chi connectivity index (χ1) is 19.2. The van der Waals surface area contributed by atoms with Crippen molar-refractivity contribution < 1.29 is 22.6 Å². The fourth-order valence-electron chi connectivity index (χ4n) is 4.30. The maximum atomic E-state index is 13.0. The highest BCUT2D eigenvalue weighted by Gasteiger charge is 2.30. The highest BCUT2D eigenvalue weighted by atomic mass is 19.4. The third-order valence-electron chi connectivity index (χ3n) is 6.35. The molecule has 0 aliphatic carbocycles. The van der Waals surface area contributed by atoms with Gasteiger partial charge in [-0.15, -0.1) is 0 Å². The first-order valence-electron chi connectivity index (χ1n) is 12.3. The van der Waals surface area contributed by atoms with E-state index in [0.29, 0.717) is 45.7 Å². The van der Waals surface area contributed by atoms with Crippen molar-refractivity contribution in [2.45, 2.75) is 12.7 Å². The van der Waals surface area contributed by atoms with E-state index in [9.17, 15) is 13.2 Å². The topological polar surface area (TPSA) is 89.4 Å². The Hall–Kier alpha value is -5.00. The minimum absolute atomic E-state index is 0.158. The van der Waals surface area contributed by atoms with Gasteiger partial charge < -0.3 is 29.6 Å². The van der Waals surface area contributed by atoms with E-state index >= 15 is 0 Å². The van der Waals surface area contributed by atoms with Crippen molar-refractivity contribution in [3.8, 4) is 11.5 Å². The fraction of sp³-hybridized carbons (Fsp3) is 0.179. The molecule has 1 aliphatic heterocycles. The minimum Gasteiger partial charge on any atom is -0.454 e. The van der Waals surface area contributed by atoms with E-state index in [1.807, 2.05) is 55.4 Å². The van der Waals surface area contributed by atoms with Gasteiger partial charge in [0.2, 0.25) is 12.7 Å². The smallest absolute Gasteiger partial charge is 0.416 e. The maximum Gasteiger partial charge on any atom is 0.416 e. The van der Waals surface area contributed by atoms with Crippen molar-refractivity contribution in [3.63, 3.8) is 0 Å². The molecular formula is C28H24F3N7O2. The van der Waals surface area contributed by atoms with Crippen molar-refractivity contribution in [2.75, 3.05) is 36.4 Å². The lowest BCUT2D eigenvalue weighted by Gasteiger charge is -2.15. The van der Waals surface area contributed by atoms with E-state index in [2.05, 4.69) is 15.6 Å². The molecule has 0 amide bonds. The molecule has 0 saturated carbocycles. The highest BCUT2D eigenvalue weighted by molar-refractivity contribution is 5.87. The average Bonchev–Trinajstić information content (AvgIpc) is 3.56. The number of aromatic nitrogens is 4. The summed E-state index contributed by atoms with van der Waals surface area (Å²) >= 11 is 0. The number of rotatable bonds is 7. The quantitative estimate of drug-likeness (QED) is 0.250. The third-order valence-corrected chi connectivity index (χ3v) is 6.35. The lowest BCUT2D eigenvalue weighted by atomic mass is 10.1. The van der Waals surface area contributed by atoms with Gasteiger partial charge in [-0.3, -0.25) is 0 Å². The molecule has 2 aromatic heterocycles. The Balaban J connectivity index is 1.37. The number of anilines is 5. The summed E-state index contributed by atoms with van der Waals surface area (Å²) < 4.78 is 51.8. The van der Waals surface area contributed by atoms with E-state index in [0.717, 1.165) is 23.5 Å². The second-order valence-corrected chi connectivity index (χ2v) is 9.40. The van der Waals surface area contributed by atoms with Gasteiger partial charge in [-0.2, -0.15) is 23.1 Å². The molecule has 1 aliphatic rings. The molecule has 0 saturated heterocycles. The van der Waals surface area contributed by atoms with Gasteiger partial charge in [-0.05, 0) is 48.0 Å². The minimum atomic E-state index is -4.40. The molecule has 5 aromatic rings. The number of benzene rings is 3. The van der Waals surface area contributed by atoms with Gasteiger partial charge in [0, 0.05) is 37.2 Å². The largest absolute Gasteiger partial charge is 0.454 e. The number of imidazole rings is 1. The number of halogens is 3. The molecule has 0 bridgehead atoms. The first-order valence-corrected chi connectivity index (χ1v) is 12.3. The molecule has 0 fully saturated rings. The Morgan fingerprint density at radius 1 is 0.900 bits per heavy atom. The zero-order valence-corrected chi connectivity index (χ0v) is 21.5. The molecule has 3 aromatic carbocycles. The molecule has 0 radical (unpaired) electrons. The van der Waals surface area contributed by atoms with E-state index in [-0.39, 0.29) is 13.3 Å². The molecule has 2 N–H and O–H groups in total. The summed E-state index contributed by atoms with van der Waals surface area (Å²) in [4.78, 5) is 15.9. The van der Waals surface area contributed by atoms with Crippen molar-refractivity contribution in [3.05, 3.63) is 84.2 Å². The van der Waals surface area contributed by atoms with Crippen LogP contribution in [0.25, 0.3) is 11.2 Å². The van der Waals surface area contributed by atoms with Gasteiger partial charge in [0.05, 0.1) is 18.4 Å². The Morgan fingerprint density at radius 2 is 1.68 bits per heavy atom. The number of hydrogen-bond donors (Lipinski definition) is 2. The Morgan fingerprint density at radius 3 is 2.45 bits per heavy atom. The number of alkyl halides is 3. The number of ether oxygens (including phenoxy) is 2. The Labute approximate surface area is 227 Å². The van der Waals surface area contributed by atoms with Crippen LogP contribution in [0.15, 0.2) is 73.1 Å². The summed E-state index contributed by atoms with van der Waals surface area (Å²) in [7, 11) is 3.91. The summed E-state index contributed by atoms with van der Waals surface area (Å²) in [5.41, 5.74) is 3.47. The fourth-order valence-corrected chi connectivity index (χ4v) is 4.30. The summed E-state index contributed by atoms with van der Waals surface area (Å²) in [5, 5.41) is 6.56. The second kappa shape index (κ2) is 9.95. The zero-order valence-electron chi connectivity index (χ0n) is 21.5. The number of nitrogens with zero attached hydrogens (tertiary/aromatic N) is 5. The van der Waals surface area contributed by atoms with Crippen molar-refractivity contribution in [1.29, 1.82) is 0 Å². The molecule has 6 rings (SSSR count). The molecule has 0 spiro atoms. The summed E-state index contributed by atoms with van der Waals surface area (Å²) in [5.74, 6) is 2.03. The van der Waals surface area contributed by atoms with Crippen LogP contribution in [0.4, 0.5) is 42.0 Å². The maximum absolute atomic E-state index is 13.0. The van der Waals surface area contributed by atoms with Gasteiger partial charge >= 0.3 is 6.18 Å². The molecule has 40 heavy (non-hydrogen) atoms. The van der Waals surface area contributed by atoms with Crippen LogP contribution in [0.5, 0.6) is 11.5 Å². The van der Waals surface area contributed by atoms with E-state index in [4.69, 9.17) is 19.4 Å². The molecular weight excluding hydrogens is 523 g/mol. The number of hydrogen-bond acceptors (Lipinski definition) is 8. The van der Waals surface area contributed by atoms with Crippen LogP contribution in [0.1, 0.15) is 11.1 Å². The highest BCUT2D eigenvalue weighted by Crippen LogP contribution is 2.36. The lowest BCUT2D eigenvalue weighted by molar-refractivity contribution is -0.137. The Bertz CT molecular complexity index is 1680. The molecule has 9 nitrogen and oxygen atoms in total. The lowest BCUT2D eigenvalue weighted by Crippen LogP contribution is -2.09. The molecule has 12 heteroatoms. The van der Waals surface area contributed by atoms with Gasteiger partial charge in [-0.1, -0.05) is 18.2 Å². The number of fused-ring (bicyclic) bond motifs is 2. The summed E-state index contributed by atoms with van der Waals surface area (Å²) in [6.07, 6.45) is -2.80. The van der Waals surface area contributed by atoms with Gasteiger partial charge in [0.1, 0.15) is 0 Å². The normalized spacial score (nSPS) is 12.5. The van der Waals surface area contributed by atoms with Crippen molar-refractivity contribution in [2.24, 2.45) is 0 Å². The molecule has 204 valence electrons. The van der Waals surface area contributed by atoms with E-state index < -0.39 is 11.7 Å². The van der Waals surface area contributed by atoms with Gasteiger partial charge in [-0.25, -0.2) is 4.98 Å². The standard InChI is InChI=1S/C28H24F3N7O2/c1-37(2)21-5-3-4-19(12-21)34-27-35-25(33-20-10-11-22-23(13-20)40-16-39-22)24-26(36-27)38(15-32-24)14-17-6-8-18(9-7-17)28(29,30)31/h3-13,15H,14,16H2,1-2H3,(H2,33,34,35,36). The van der Waals surface area contributed by atoms with Crippen LogP contribution >= 0.6 is 0 Å². The van der Waals surface area contributed by atoms with Gasteiger partial charge in [0.25, 0.3) is 0 Å². The molecule has 3 heterocycles. The van der Waals surface area contributed by atoms with Crippen LogP contribution in [0.3, 0.4) is 0 Å².